The average Bonchev–Trinajstić information content (AvgIpc) is 3.17. The van der Waals surface area contributed by atoms with E-state index >= 15 is 0 Å². The smallest absolute Gasteiger partial charge is 0.407 e. The number of alkyl carbamates (subject to hydrolysis) is 1. The first-order valence-corrected chi connectivity index (χ1v) is 11.2. The fraction of sp³-hybridized carbons (Fsp3) is 0.222. The lowest BCUT2D eigenvalue weighted by Crippen LogP contribution is -2.38. The van der Waals surface area contributed by atoms with Crippen LogP contribution in [0.15, 0.2) is 72.8 Å². The molecule has 1 aliphatic carbocycles. The number of carbonyl (C=O) groups is 3. The fourth-order valence-corrected chi connectivity index (χ4v) is 4.12. The van der Waals surface area contributed by atoms with E-state index in [0.717, 1.165) is 5.56 Å². The molecule has 0 aliphatic heterocycles. The number of rotatable bonds is 8. The second-order valence-electron chi connectivity index (χ2n) is 8.23. The highest BCUT2D eigenvalue weighted by Gasteiger charge is 2.28. The van der Waals surface area contributed by atoms with Gasteiger partial charge in [0.05, 0.1) is 0 Å². The van der Waals surface area contributed by atoms with Crippen LogP contribution in [0.5, 0.6) is 0 Å². The Balaban J connectivity index is 1.25. The summed E-state index contributed by atoms with van der Waals surface area (Å²) in [6, 6.07) is 22.2. The minimum Gasteiger partial charge on any atom is -0.480 e. The van der Waals surface area contributed by atoms with E-state index in [1.807, 2.05) is 24.3 Å². The second-order valence-corrected chi connectivity index (χ2v) is 8.23. The maximum absolute atomic E-state index is 12.3. The molecular formula is C27H26N2O5. The molecule has 0 radical (unpaired) electrons. The van der Waals surface area contributed by atoms with Crippen LogP contribution in [0.25, 0.3) is 11.1 Å². The van der Waals surface area contributed by atoms with Gasteiger partial charge in [-0.1, -0.05) is 60.7 Å². The van der Waals surface area contributed by atoms with E-state index in [-0.39, 0.29) is 12.5 Å². The van der Waals surface area contributed by atoms with Gasteiger partial charge in [0.25, 0.3) is 5.91 Å². The fourth-order valence-electron chi connectivity index (χ4n) is 4.12. The molecule has 0 bridgehead atoms. The van der Waals surface area contributed by atoms with Crippen LogP contribution in [-0.2, 0) is 16.0 Å². The molecule has 0 unspecified atom stereocenters. The van der Waals surface area contributed by atoms with Crippen molar-refractivity contribution in [2.45, 2.75) is 25.3 Å². The van der Waals surface area contributed by atoms with Crippen LogP contribution in [0.3, 0.4) is 0 Å². The van der Waals surface area contributed by atoms with Gasteiger partial charge in [-0.15, -0.1) is 0 Å². The topological polar surface area (TPSA) is 105 Å². The molecule has 1 atom stereocenters. The van der Waals surface area contributed by atoms with Crippen molar-refractivity contribution in [1.82, 2.24) is 10.6 Å². The zero-order valence-electron chi connectivity index (χ0n) is 18.8. The van der Waals surface area contributed by atoms with Crippen molar-refractivity contribution in [3.63, 3.8) is 0 Å². The molecule has 3 aromatic rings. The zero-order valence-corrected chi connectivity index (χ0v) is 18.8. The molecular weight excluding hydrogens is 432 g/mol. The SMILES string of the molecule is C[C@@H](NC(=O)c1ccc(CCNC(=O)OCC2c3ccccc3-c3ccccc32)cc1)C(=O)O. The first-order valence-electron chi connectivity index (χ1n) is 11.2. The molecule has 0 fully saturated rings. The number of carboxylic acids is 1. The summed E-state index contributed by atoms with van der Waals surface area (Å²) in [6.45, 7) is 2.06. The molecule has 0 spiro atoms. The Morgan fingerprint density at radius 1 is 0.912 bits per heavy atom. The Morgan fingerprint density at radius 2 is 1.50 bits per heavy atom. The van der Waals surface area contributed by atoms with Gasteiger partial charge in [0, 0.05) is 18.0 Å². The number of nitrogens with one attached hydrogen (secondary N) is 2. The van der Waals surface area contributed by atoms with Crippen LogP contribution in [0.1, 0.15) is 39.9 Å². The number of amides is 2. The Kier molecular flexibility index (Phi) is 6.92. The number of hydrogen-bond donors (Lipinski definition) is 3. The zero-order chi connectivity index (χ0) is 24.1. The Labute approximate surface area is 197 Å². The molecule has 2 amide bonds. The van der Waals surface area contributed by atoms with Gasteiger partial charge in [-0.05, 0) is 53.3 Å². The van der Waals surface area contributed by atoms with Gasteiger partial charge in [0.15, 0.2) is 0 Å². The molecule has 174 valence electrons. The van der Waals surface area contributed by atoms with Crippen molar-refractivity contribution in [2.75, 3.05) is 13.2 Å². The summed E-state index contributed by atoms with van der Waals surface area (Å²) in [4.78, 5) is 35.2. The van der Waals surface area contributed by atoms with Crippen LogP contribution >= 0.6 is 0 Å². The van der Waals surface area contributed by atoms with Crippen LogP contribution in [0.2, 0.25) is 0 Å². The molecule has 0 heterocycles. The number of ether oxygens (including phenoxy) is 1. The molecule has 0 saturated carbocycles. The molecule has 7 heteroatoms. The number of carbonyl (C=O) groups excluding carboxylic acids is 2. The van der Waals surface area contributed by atoms with Gasteiger partial charge in [0.2, 0.25) is 0 Å². The lowest BCUT2D eigenvalue weighted by molar-refractivity contribution is -0.138. The number of carboxylic acid groups (broad SMARTS) is 1. The quantitative estimate of drug-likeness (QED) is 0.474. The van der Waals surface area contributed by atoms with E-state index in [9.17, 15) is 14.4 Å². The maximum Gasteiger partial charge on any atom is 0.407 e. The van der Waals surface area contributed by atoms with Gasteiger partial charge < -0.3 is 20.5 Å². The van der Waals surface area contributed by atoms with E-state index < -0.39 is 24.0 Å². The predicted molar refractivity (Wildman–Crippen MR) is 128 cm³/mol. The monoisotopic (exact) mass is 458 g/mol. The van der Waals surface area contributed by atoms with Crippen molar-refractivity contribution in [1.29, 1.82) is 0 Å². The van der Waals surface area contributed by atoms with E-state index in [1.165, 1.54) is 29.2 Å². The molecule has 7 nitrogen and oxygen atoms in total. The number of fused-ring (bicyclic) bond motifs is 3. The minimum absolute atomic E-state index is 0.0145. The van der Waals surface area contributed by atoms with Crippen molar-refractivity contribution >= 4 is 18.0 Å². The van der Waals surface area contributed by atoms with Crippen molar-refractivity contribution in [3.8, 4) is 11.1 Å². The molecule has 34 heavy (non-hydrogen) atoms. The highest BCUT2D eigenvalue weighted by molar-refractivity contribution is 5.96. The molecule has 1 aliphatic rings. The summed E-state index contributed by atoms with van der Waals surface area (Å²) in [7, 11) is 0. The lowest BCUT2D eigenvalue weighted by atomic mass is 9.98. The van der Waals surface area contributed by atoms with Crippen LogP contribution in [-0.4, -0.2) is 42.3 Å². The van der Waals surface area contributed by atoms with Gasteiger partial charge in [-0.25, -0.2) is 4.79 Å². The summed E-state index contributed by atoms with van der Waals surface area (Å²) in [5, 5.41) is 14.1. The van der Waals surface area contributed by atoms with Crippen molar-refractivity contribution in [3.05, 3.63) is 95.1 Å². The third kappa shape index (κ3) is 5.09. The average molecular weight is 459 g/mol. The summed E-state index contributed by atoms with van der Waals surface area (Å²) in [6.07, 6.45) is 0.0953. The summed E-state index contributed by atoms with van der Waals surface area (Å²) in [5.41, 5.74) is 6.00. The first-order chi connectivity index (χ1) is 16.4. The minimum atomic E-state index is -1.09. The van der Waals surface area contributed by atoms with E-state index in [2.05, 4.69) is 34.9 Å². The van der Waals surface area contributed by atoms with Crippen LogP contribution in [0.4, 0.5) is 4.79 Å². The second kappa shape index (κ2) is 10.2. The normalized spacial score (nSPS) is 12.9. The number of aliphatic carboxylic acids is 1. The largest absolute Gasteiger partial charge is 0.480 e. The summed E-state index contributed by atoms with van der Waals surface area (Å²) >= 11 is 0. The maximum atomic E-state index is 12.3. The number of benzene rings is 3. The standard InChI is InChI=1S/C27H26N2O5/c1-17(26(31)32)29-25(30)19-12-10-18(11-13-19)14-15-28-27(33)34-16-24-22-8-4-2-6-20(22)21-7-3-5-9-23(21)24/h2-13,17,24H,14-16H2,1H3,(H,28,33)(H,29,30)(H,31,32)/t17-/m1/s1. The number of hydrogen-bond acceptors (Lipinski definition) is 4. The molecule has 4 rings (SSSR count). The highest BCUT2D eigenvalue weighted by Crippen LogP contribution is 2.44. The summed E-state index contributed by atoms with van der Waals surface area (Å²) < 4.78 is 5.53. The van der Waals surface area contributed by atoms with Gasteiger partial charge in [-0.3, -0.25) is 9.59 Å². The van der Waals surface area contributed by atoms with E-state index in [0.29, 0.717) is 18.5 Å². The van der Waals surface area contributed by atoms with Crippen LogP contribution in [0, 0.1) is 0 Å². The third-order valence-electron chi connectivity index (χ3n) is 5.96. The van der Waals surface area contributed by atoms with Gasteiger partial charge in [-0.2, -0.15) is 0 Å². The highest BCUT2D eigenvalue weighted by atomic mass is 16.5. The molecule has 3 aromatic carbocycles. The Morgan fingerprint density at radius 3 is 2.09 bits per heavy atom. The molecule has 0 saturated heterocycles. The first kappa shape index (κ1) is 23.0. The van der Waals surface area contributed by atoms with Crippen molar-refractivity contribution < 1.29 is 24.2 Å². The van der Waals surface area contributed by atoms with Gasteiger partial charge in [0.1, 0.15) is 12.6 Å². The van der Waals surface area contributed by atoms with E-state index in [4.69, 9.17) is 9.84 Å². The summed E-state index contributed by atoms with van der Waals surface area (Å²) in [5.74, 6) is -1.52. The lowest BCUT2D eigenvalue weighted by Gasteiger charge is -2.14. The molecule has 3 N–H and O–H groups in total. The van der Waals surface area contributed by atoms with Crippen LogP contribution < -0.4 is 10.6 Å². The molecule has 0 aromatic heterocycles. The Bertz CT molecular complexity index is 1160. The van der Waals surface area contributed by atoms with E-state index in [1.54, 1.807) is 24.3 Å². The van der Waals surface area contributed by atoms with Crippen molar-refractivity contribution in [2.24, 2.45) is 0 Å². The Hall–Kier alpha value is -4.13. The van der Waals surface area contributed by atoms with Gasteiger partial charge >= 0.3 is 12.1 Å². The third-order valence-corrected chi connectivity index (χ3v) is 5.96. The predicted octanol–water partition coefficient (Wildman–Crippen LogP) is 3.97.